The first kappa shape index (κ1) is 29.9. The Morgan fingerprint density at radius 2 is 1.74 bits per heavy atom. The average molecular weight is 504 g/mol. The molecular weight excluding hydrogens is 476 g/mol. The molecule has 0 fully saturated rings. The van der Waals surface area contributed by atoms with Gasteiger partial charge in [0.25, 0.3) is 0 Å². The Morgan fingerprint density at radius 1 is 1.15 bits per heavy atom. The monoisotopic (exact) mass is 503 g/mol. The Kier molecular flexibility index (Phi) is 11.0. The molecule has 180 valence electrons. The van der Waals surface area contributed by atoms with Crippen molar-refractivity contribution in [1.82, 2.24) is 9.97 Å². The van der Waals surface area contributed by atoms with Gasteiger partial charge >= 0.3 is 35.5 Å². The minimum absolute atomic E-state index is 0. The molecule has 1 aromatic carbocycles. The molecule has 9 nitrogen and oxygen atoms in total. The van der Waals surface area contributed by atoms with E-state index in [0.717, 1.165) is 10.6 Å². The van der Waals surface area contributed by atoms with Gasteiger partial charge in [-0.25, -0.2) is 27.1 Å². The van der Waals surface area contributed by atoms with Crippen molar-refractivity contribution < 1.29 is 32.6 Å². The summed E-state index contributed by atoms with van der Waals surface area (Å²) in [6, 6.07) is 5.41. The molecule has 1 heterocycles. The van der Waals surface area contributed by atoms with Crippen LogP contribution in [0.5, 0.6) is 0 Å². The van der Waals surface area contributed by atoms with Gasteiger partial charge in [-0.1, -0.05) is 13.8 Å². The number of hydrogen-bond acceptors (Lipinski definition) is 7. The number of sulfonamides is 1. The zero-order valence-corrected chi connectivity index (χ0v) is 19.5. The molecular formula is C22H27FN3NaO6S. The number of hydrogen-bond donors (Lipinski definition) is 2. The average Bonchev–Trinajstić information content (AvgIpc) is 2.70. The van der Waals surface area contributed by atoms with Gasteiger partial charge in [0.15, 0.2) is 5.78 Å². The number of carboxylic acid groups (broad SMARTS) is 1. The molecule has 0 aliphatic carbocycles. The molecule has 0 saturated carbocycles. The van der Waals surface area contributed by atoms with Gasteiger partial charge in [0, 0.05) is 24.6 Å². The van der Waals surface area contributed by atoms with Crippen molar-refractivity contribution in [3.63, 3.8) is 0 Å². The van der Waals surface area contributed by atoms with E-state index in [0.29, 0.717) is 16.8 Å². The first-order valence-electron chi connectivity index (χ1n) is 10.0. The molecule has 2 rings (SSSR count). The second-order valence-electron chi connectivity index (χ2n) is 7.82. The van der Waals surface area contributed by atoms with Crippen molar-refractivity contribution >= 4 is 63.4 Å². The number of aliphatic hydroxyl groups is 1. The maximum atomic E-state index is 13.5. The van der Waals surface area contributed by atoms with Crippen molar-refractivity contribution in [2.45, 2.75) is 38.7 Å². The van der Waals surface area contributed by atoms with Gasteiger partial charge in [-0.3, -0.25) is 9.59 Å². The quantitative estimate of drug-likeness (QED) is 0.371. The SMILES string of the molecule is CC(C)c1nc(N(C)S(C)(=O)=O)nc(-c2ccc(F)cc2)c1/C=C/C(=O)C[C@@H](O)CC(=O)O.[NaH]. The second kappa shape index (κ2) is 12.5. The van der Waals surface area contributed by atoms with E-state index in [2.05, 4.69) is 9.97 Å². The number of aliphatic carboxylic acids is 1. The fraction of sp³-hybridized carbons (Fsp3) is 0.364. The van der Waals surface area contributed by atoms with Gasteiger partial charge in [-0.15, -0.1) is 0 Å². The second-order valence-corrected chi connectivity index (χ2v) is 9.83. The van der Waals surface area contributed by atoms with E-state index in [1.165, 1.54) is 43.5 Å². The number of ketones is 1. The fourth-order valence-electron chi connectivity index (χ4n) is 2.95. The van der Waals surface area contributed by atoms with E-state index in [1.807, 2.05) is 13.8 Å². The topological polar surface area (TPSA) is 138 Å². The van der Waals surface area contributed by atoms with Crippen LogP contribution in [0.4, 0.5) is 10.3 Å². The fourth-order valence-corrected chi connectivity index (χ4v) is 3.32. The Hall–Kier alpha value is -2.18. The molecule has 0 aliphatic heterocycles. The normalized spacial score (nSPS) is 12.4. The van der Waals surface area contributed by atoms with E-state index in [1.54, 1.807) is 0 Å². The van der Waals surface area contributed by atoms with Crippen LogP contribution < -0.4 is 4.31 Å². The molecule has 34 heavy (non-hydrogen) atoms. The summed E-state index contributed by atoms with van der Waals surface area (Å²) in [4.78, 5) is 31.7. The van der Waals surface area contributed by atoms with Crippen LogP contribution in [0, 0.1) is 5.82 Å². The predicted molar refractivity (Wildman–Crippen MR) is 129 cm³/mol. The van der Waals surface area contributed by atoms with E-state index >= 15 is 0 Å². The molecule has 0 spiro atoms. The molecule has 0 bridgehead atoms. The molecule has 0 saturated heterocycles. The number of carboxylic acids is 1. The van der Waals surface area contributed by atoms with Crippen LogP contribution in [0.25, 0.3) is 17.3 Å². The standard InChI is InChI=1S/C22H26FN3O6S.Na.H/c1-13(2)20-18(10-9-16(27)11-17(28)12-19(29)30)21(14-5-7-15(23)8-6-14)25-22(24-20)26(3)33(4,31)32;;/h5-10,13,17,28H,11-12H2,1-4H3,(H,29,30);;/b10-9+;;/t17-;;/m1../s1. The Bertz CT molecular complexity index is 1170. The molecule has 0 aliphatic rings. The number of carbonyl (C=O) groups is 2. The van der Waals surface area contributed by atoms with Crippen molar-refractivity contribution in [2.75, 3.05) is 17.6 Å². The van der Waals surface area contributed by atoms with Gasteiger partial charge < -0.3 is 10.2 Å². The summed E-state index contributed by atoms with van der Waals surface area (Å²) in [6.07, 6.45) is 1.35. The van der Waals surface area contributed by atoms with Gasteiger partial charge in [0.1, 0.15) is 5.82 Å². The Labute approximate surface area is 220 Å². The Balaban J connectivity index is 0.00000578. The molecule has 2 aromatic rings. The summed E-state index contributed by atoms with van der Waals surface area (Å²) < 4.78 is 38.5. The number of anilines is 1. The molecule has 12 heteroatoms. The van der Waals surface area contributed by atoms with Crippen molar-refractivity contribution in [3.05, 3.63) is 47.4 Å². The van der Waals surface area contributed by atoms with Gasteiger partial charge in [-0.05, 0) is 42.3 Å². The van der Waals surface area contributed by atoms with Crippen LogP contribution >= 0.6 is 0 Å². The number of carbonyl (C=O) groups excluding carboxylic acids is 1. The van der Waals surface area contributed by atoms with Gasteiger partial charge in [0.2, 0.25) is 16.0 Å². The predicted octanol–water partition coefficient (Wildman–Crippen LogP) is 1.96. The summed E-state index contributed by atoms with van der Waals surface area (Å²) in [5.74, 6) is -2.49. The third-order valence-corrected chi connectivity index (χ3v) is 5.85. The van der Waals surface area contributed by atoms with Crippen molar-refractivity contribution in [3.8, 4) is 11.3 Å². The molecule has 0 unspecified atom stereocenters. The first-order chi connectivity index (χ1) is 15.3. The summed E-state index contributed by atoms with van der Waals surface area (Å²) in [5, 5.41) is 18.4. The van der Waals surface area contributed by atoms with Crippen LogP contribution in [0.15, 0.2) is 30.3 Å². The summed E-state index contributed by atoms with van der Waals surface area (Å²) in [6.45, 7) is 3.66. The molecule has 1 aromatic heterocycles. The maximum absolute atomic E-state index is 13.5. The zero-order valence-electron chi connectivity index (χ0n) is 18.7. The summed E-state index contributed by atoms with van der Waals surface area (Å²) in [5.41, 5.74) is 1.63. The van der Waals surface area contributed by atoms with Gasteiger partial charge in [-0.2, -0.15) is 0 Å². The molecule has 1 atom stereocenters. The molecule has 0 radical (unpaired) electrons. The number of halogens is 1. The Morgan fingerprint density at radius 3 is 2.24 bits per heavy atom. The van der Waals surface area contributed by atoms with Crippen molar-refractivity contribution in [1.29, 1.82) is 0 Å². The summed E-state index contributed by atoms with van der Waals surface area (Å²) >= 11 is 0. The van der Waals surface area contributed by atoms with E-state index in [9.17, 15) is 27.5 Å². The van der Waals surface area contributed by atoms with Crippen LogP contribution in [0.2, 0.25) is 0 Å². The number of benzene rings is 1. The van der Waals surface area contributed by atoms with E-state index < -0.39 is 40.1 Å². The first-order valence-corrected chi connectivity index (χ1v) is 11.9. The number of nitrogens with zero attached hydrogens (tertiary/aromatic N) is 3. The minimum atomic E-state index is -3.67. The van der Waals surface area contributed by atoms with E-state index in [4.69, 9.17) is 5.11 Å². The third kappa shape index (κ3) is 8.24. The number of rotatable bonds is 10. The van der Waals surface area contributed by atoms with Crippen LogP contribution in [0.1, 0.15) is 43.9 Å². The molecule has 0 amide bonds. The van der Waals surface area contributed by atoms with Gasteiger partial charge in [0.05, 0.1) is 30.2 Å². The number of allylic oxidation sites excluding steroid dienone is 1. The third-order valence-electron chi connectivity index (χ3n) is 4.69. The number of aliphatic hydroxyl groups excluding tert-OH is 1. The summed E-state index contributed by atoms with van der Waals surface area (Å²) in [7, 11) is -2.35. The zero-order chi connectivity index (χ0) is 24.9. The van der Waals surface area contributed by atoms with Crippen LogP contribution in [0.3, 0.4) is 0 Å². The van der Waals surface area contributed by atoms with Crippen molar-refractivity contribution in [2.24, 2.45) is 0 Å². The van der Waals surface area contributed by atoms with Crippen LogP contribution in [-0.2, 0) is 19.6 Å². The van der Waals surface area contributed by atoms with E-state index in [-0.39, 0.29) is 53.5 Å². The van der Waals surface area contributed by atoms with Crippen LogP contribution in [-0.4, -0.2) is 89.3 Å². The molecule has 2 N–H and O–H groups in total. The number of aromatic nitrogens is 2.